The molecule has 0 aliphatic heterocycles. The smallest absolute Gasteiger partial charge is 0.264 e. The molecule has 0 bridgehead atoms. The maximum absolute atomic E-state index is 13.3. The lowest BCUT2D eigenvalue weighted by atomic mass is 10.2. The van der Waals surface area contributed by atoms with Gasteiger partial charge in [-0.1, -0.05) is 59.9 Å². The average molecular weight is 463 g/mol. The number of thioether (sulfide) groups is 1. The van der Waals surface area contributed by atoms with Gasteiger partial charge in [0.25, 0.3) is 10.0 Å². The molecule has 7 nitrogen and oxygen atoms in total. The van der Waals surface area contributed by atoms with Crippen molar-refractivity contribution in [1.29, 1.82) is 0 Å². The molecule has 3 aromatic rings. The minimum atomic E-state index is -3.94. The van der Waals surface area contributed by atoms with E-state index in [0.717, 1.165) is 25.5 Å². The highest BCUT2D eigenvalue weighted by Gasteiger charge is 2.27. The molecule has 3 rings (SSSR count). The number of nitrogens with one attached hydrogen (secondary N) is 1. The van der Waals surface area contributed by atoms with Crippen LogP contribution in [0.3, 0.4) is 0 Å². The van der Waals surface area contributed by atoms with E-state index in [1.807, 2.05) is 26.8 Å². The molecule has 2 aromatic carbocycles. The van der Waals surface area contributed by atoms with Gasteiger partial charge in [0.2, 0.25) is 11.0 Å². The third-order valence-corrected chi connectivity index (χ3v) is 7.75. The summed E-state index contributed by atoms with van der Waals surface area (Å²) in [7, 11) is -3.94. The molecule has 0 unspecified atom stereocenters. The van der Waals surface area contributed by atoms with E-state index in [2.05, 4.69) is 15.5 Å². The largest absolute Gasteiger partial charge is 0.299 e. The average Bonchev–Trinajstić information content (AvgIpc) is 3.13. The standard InChI is InChI=1S/C20H22N4O3S3/c1-4-28-20-23-22-19(29-20)21-18(25)13-24(16-7-5-6-15(3)12-16)30(26,27)17-10-8-14(2)9-11-17/h5-12H,4,13H2,1-3H3,(H,21,22,25). The molecule has 158 valence electrons. The van der Waals surface area contributed by atoms with Crippen molar-refractivity contribution < 1.29 is 13.2 Å². The predicted molar refractivity (Wildman–Crippen MR) is 122 cm³/mol. The minimum absolute atomic E-state index is 0.125. The summed E-state index contributed by atoms with van der Waals surface area (Å²) in [6.07, 6.45) is 0. The van der Waals surface area contributed by atoms with E-state index in [0.29, 0.717) is 10.8 Å². The van der Waals surface area contributed by atoms with Crippen LogP contribution in [0.5, 0.6) is 0 Å². The monoisotopic (exact) mass is 462 g/mol. The lowest BCUT2D eigenvalue weighted by Crippen LogP contribution is -2.38. The summed E-state index contributed by atoms with van der Waals surface area (Å²) in [6.45, 7) is 5.37. The van der Waals surface area contributed by atoms with Gasteiger partial charge in [-0.2, -0.15) is 0 Å². The zero-order valence-corrected chi connectivity index (χ0v) is 19.3. The Morgan fingerprint density at radius 2 is 1.83 bits per heavy atom. The Balaban J connectivity index is 1.89. The summed E-state index contributed by atoms with van der Waals surface area (Å²) >= 11 is 2.78. The number of hydrogen-bond donors (Lipinski definition) is 1. The molecule has 0 atom stereocenters. The van der Waals surface area contributed by atoms with Gasteiger partial charge in [-0.05, 0) is 49.4 Å². The lowest BCUT2D eigenvalue weighted by Gasteiger charge is -2.24. The molecule has 1 aromatic heterocycles. The highest BCUT2D eigenvalue weighted by molar-refractivity contribution is 8.01. The molecule has 10 heteroatoms. The second-order valence-corrected chi connectivity index (χ2v) is 10.9. The third kappa shape index (κ3) is 5.38. The number of nitrogens with zero attached hydrogens (tertiary/aromatic N) is 3. The van der Waals surface area contributed by atoms with Gasteiger partial charge in [0.05, 0.1) is 10.6 Å². The molecule has 0 saturated heterocycles. The Hall–Kier alpha value is -2.43. The molecule has 0 fully saturated rings. The summed E-state index contributed by atoms with van der Waals surface area (Å²) in [5.41, 5.74) is 2.26. The number of carbonyl (C=O) groups is 1. The maximum Gasteiger partial charge on any atom is 0.264 e. The molecule has 0 saturated carbocycles. The van der Waals surface area contributed by atoms with Gasteiger partial charge in [-0.25, -0.2) is 8.42 Å². The van der Waals surface area contributed by atoms with Gasteiger partial charge in [-0.15, -0.1) is 10.2 Å². The summed E-state index contributed by atoms with van der Waals surface area (Å²) in [5, 5.41) is 10.9. The highest BCUT2D eigenvalue weighted by atomic mass is 32.2. The van der Waals surface area contributed by atoms with Crippen LogP contribution in [0.25, 0.3) is 0 Å². The number of amides is 1. The van der Waals surface area contributed by atoms with Crippen LogP contribution in [-0.4, -0.2) is 36.8 Å². The molecule has 1 heterocycles. The number of aryl methyl sites for hydroxylation is 2. The van der Waals surface area contributed by atoms with Crippen LogP contribution in [0.15, 0.2) is 57.8 Å². The van der Waals surface area contributed by atoms with Gasteiger partial charge in [0.1, 0.15) is 6.54 Å². The molecule has 1 amide bonds. The van der Waals surface area contributed by atoms with Gasteiger partial charge in [-0.3, -0.25) is 14.4 Å². The number of aromatic nitrogens is 2. The molecule has 0 spiro atoms. The first-order valence-corrected chi connectivity index (χ1v) is 12.5. The Bertz CT molecular complexity index is 1130. The first-order chi connectivity index (χ1) is 14.3. The lowest BCUT2D eigenvalue weighted by molar-refractivity contribution is -0.114. The topological polar surface area (TPSA) is 92.3 Å². The Labute approximate surface area is 184 Å². The van der Waals surface area contributed by atoms with Gasteiger partial charge < -0.3 is 0 Å². The second-order valence-electron chi connectivity index (χ2n) is 6.52. The van der Waals surface area contributed by atoms with Crippen LogP contribution in [0, 0.1) is 13.8 Å². The van der Waals surface area contributed by atoms with Crippen LogP contribution in [-0.2, 0) is 14.8 Å². The molecule has 1 N–H and O–H groups in total. The van der Waals surface area contributed by atoms with Crippen molar-refractivity contribution in [1.82, 2.24) is 10.2 Å². The number of anilines is 2. The molecular weight excluding hydrogens is 440 g/mol. The van der Waals surface area contributed by atoms with E-state index >= 15 is 0 Å². The molecule has 0 aliphatic carbocycles. The van der Waals surface area contributed by atoms with E-state index in [4.69, 9.17) is 0 Å². The van der Waals surface area contributed by atoms with Gasteiger partial charge in [0, 0.05) is 0 Å². The van der Waals surface area contributed by atoms with Crippen LogP contribution < -0.4 is 9.62 Å². The third-order valence-electron chi connectivity index (χ3n) is 4.11. The van der Waals surface area contributed by atoms with Crippen molar-refractivity contribution in [2.45, 2.75) is 30.0 Å². The van der Waals surface area contributed by atoms with Crippen LogP contribution in [0.2, 0.25) is 0 Å². The van der Waals surface area contributed by atoms with Crippen molar-refractivity contribution in [3.05, 3.63) is 59.7 Å². The SMILES string of the molecule is CCSc1nnc(NC(=O)CN(c2cccc(C)c2)S(=O)(=O)c2ccc(C)cc2)s1. The Morgan fingerprint density at radius 3 is 2.50 bits per heavy atom. The van der Waals surface area contributed by atoms with Crippen molar-refractivity contribution in [2.75, 3.05) is 21.9 Å². The van der Waals surface area contributed by atoms with Crippen LogP contribution in [0.1, 0.15) is 18.1 Å². The van der Waals surface area contributed by atoms with Crippen LogP contribution in [0.4, 0.5) is 10.8 Å². The first-order valence-electron chi connectivity index (χ1n) is 9.22. The van der Waals surface area contributed by atoms with E-state index < -0.39 is 15.9 Å². The van der Waals surface area contributed by atoms with E-state index in [1.165, 1.54) is 23.1 Å². The maximum atomic E-state index is 13.3. The number of benzene rings is 2. The van der Waals surface area contributed by atoms with Gasteiger partial charge >= 0.3 is 0 Å². The fraction of sp³-hybridized carbons (Fsp3) is 0.250. The molecule has 0 radical (unpaired) electrons. The summed E-state index contributed by atoms with van der Waals surface area (Å²) < 4.78 is 28.6. The predicted octanol–water partition coefficient (Wildman–Crippen LogP) is 4.10. The summed E-state index contributed by atoms with van der Waals surface area (Å²) in [4.78, 5) is 12.8. The van der Waals surface area contributed by atoms with Crippen LogP contribution >= 0.6 is 23.1 Å². The number of rotatable bonds is 8. The molecule has 30 heavy (non-hydrogen) atoms. The Morgan fingerprint density at radius 1 is 1.10 bits per heavy atom. The van der Waals surface area contributed by atoms with Crippen molar-refractivity contribution in [3.63, 3.8) is 0 Å². The zero-order chi connectivity index (χ0) is 21.7. The molecular formula is C20H22N4O3S3. The fourth-order valence-electron chi connectivity index (χ4n) is 2.67. The number of hydrogen-bond acceptors (Lipinski definition) is 7. The zero-order valence-electron chi connectivity index (χ0n) is 16.8. The first kappa shape index (κ1) is 22.3. The van der Waals surface area contributed by atoms with Crippen molar-refractivity contribution >= 4 is 49.8 Å². The minimum Gasteiger partial charge on any atom is -0.299 e. The van der Waals surface area contributed by atoms with Crippen molar-refractivity contribution in [2.24, 2.45) is 0 Å². The Kier molecular flexibility index (Phi) is 7.11. The summed E-state index contributed by atoms with van der Waals surface area (Å²) in [5.74, 6) is 0.356. The fourth-order valence-corrected chi connectivity index (χ4v) is 5.74. The molecule has 0 aliphatic rings. The number of sulfonamides is 1. The summed E-state index contributed by atoms with van der Waals surface area (Å²) in [6, 6.07) is 13.6. The normalized spacial score (nSPS) is 11.3. The van der Waals surface area contributed by atoms with Crippen molar-refractivity contribution in [3.8, 4) is 0 Å². The quantitative estimate of drug-likeness (QED) is 0.400. The van der Waals surface area contributed by atoms with E-state index in [9.17, 15) is 13.2 Å². The van der Waals surface area contributed by atoms with E-state index in [1.54, 1.807) is 42.5 Å². The number of carbonyl (C=O) groups excluding carboxylic acids is 1. The second kappa shape index (κ2) is 9.59. The van der Waals surface area contributed by atoms with Gasteiger partial charge in [0.15, 0.2) is 4.34 Å². The van der Waals surface area contributed by atoms with E-state index in [-0.39, 0.29) is 11.4 Å². The highest BCUT2D eigenvalue weighted by Crippen LogP contribution is 2.27.